The lowest BCUT2D eigenvalue weighted by atomic mass is 10.1. The molecule has 3 aromatic heterocycles. The van der Waals surface area contributed by atoms with Crippen molar-refractivity contribution in [3.05, 3.63) is 40.4 Å². The van der Waals surface area contributed by atoms with E-state index in [-0.39, 0.29) is 0 Å². The molecule has 1 atom stereocenters. The summed E-state index contributed by atoms with van der Waals surface area (Å²) in [6, 6.07) is 3.77. The van der Waals surface area contributed by atoms with Crippen molar-refractivity contribution in [2.45, 2.75) is 25.7 Å². The van der Waals surface area contributed by atoms with E-state index in [1.807, 2.05) is 17.8 Å². The molecule has 0 radical (unpaired) electrons. The third kappa shape index (κ3) is 3.15. The highest BCUT2D eigenvalue weighted by Gasteiger charge is 2.24. The molecule has 25 heavy (non-hydrogen) atoms. The highest BCUT2D eigenvalue weighted by atomic mass is 32.1. The van der Waals surface area contributed by atoms with Crippen molar-refractivity contribution in [2.75, 3.05) is 13.7 Å². The first-order chi connectivity index (χ1) is 12.1. The third-order valence-corrected chi connectivity index (χ3v) is 5.17. The second kappa shape index (κ2) is 6.54. The van der Waals surface area contributed by atoms with Crippen molar-refractivity contribution in [1.29, 1.82) is 0 Å². The van der Waals surface area contributed by atoms with Gasteiger partial charge in [-0.05, 0) is 12.1 Å². The summed E-state index contributed by atoms with van der Waals surface area (Å²) < 4.78 is 8.72. The van der Waals surface area contributed by atoms with Gasteiger partial charge in [0.1, 0.15) is 11.1 Å². The van der Waals surface area contributed by atoms with Crippen LogP contribution in [0.4, 0.5) is 0 Å². The average Bonchev–Trinajstić information content (AvgIpc) is 3.33. The topological polar surface area (TPSA) is 94.1 Å². The Hall–Kier alpha value is -2.30. The minimum Gasteiger partial charge on any atom is -0.472 e. The van der Waals surface area contributed by atoms with Crippen LogP contribution in [0.3, 0.4) is 0 Å². The van der Waals surface area contributed by atoms with Crippen molar-refractivity contribution in [3.8, 4) is 5.19 Å². The van der Waals surface area contributed by atoms with Crippen molar-refractivity contribution in [1.82, 2.24) is 34.7 Å². The number of hydrogen-bond acceptors (Lipinski definition) is 8. The molecule has 0 saturated carbocycles. The van der Waals surface area contributed by atoms with Crippen LogP contribution in [0.5, 0.6) is 5.19 Å². The van der Waals surface area contributed by atoms with Gasteiger partial charge in [0, 0.05) is 26.3 Å². The Kier molecular flexibility index (Phi) is 4.24. The van der Waals surface area contributed by atoms with Crippen LogP contribution in [0.25, 0.3) is 0 Å². The van der Waals surface area contributed by atoms with Crippen molar-refractivity contribution >= 4 is 11.3 Å². The third-order valence-electron chi connectivity index (χ3n) is 4.30. The molecule has 3 aromatic rings. The molecular weight excluding hydrogens is 342 g/mol. The number of rotatable bonds is 5. The van der Waals surface area contributed by atoms with E-state index < -0.39 is 6.10 Å². The van der Waals surface area contributed by atoms with Gasteiger partial charge >= 0.3 is 0 Å². The SMILES string of the molecule is COc1nnc(CN2CCn3nc([C@@H](O)c4ccnn4C)cc3C2)s1. The van der Waals surface area contributed by atoms with E-state index in [9.17, 15) is 5.11 Å². The molecular formula is C15H19N7O2S. The number of hydrogen-bond donors (Lipinski definition) is 1. The molecule has 0 fully saturated rings. The maximum atomic E-state index is 10.6. The van der Waals surface area contributed by atoms with E-state index in [4.69, 9.17) is 4.74 Å². The Balaban J connectivity index is 1.48. The van der Waals surface area contributed by atoms with Crippen LogP contribution in [-0.2, 0) is 26.7 Å². The van der Waals surface area contributed by atoms with Crippen LogP contribution in [0.1, 0.15) is 28.2 Å². The number of aromatic nitrogens is 6. The molecule has 0 amide bonds. The fraction of sp³-hybridized carbons (Fsp3) is 0.467. The Morgan fingerprint density at radius 3 is 2.96 bits per heavy atom. The van der Waals surface area contributed by atoms with E-state index in [2.05, 4.69) is 25.3 Å². The number of fused-ring (bicyclic) bond motifs is 1. The molecule has 0 aliphatic carbocycles. The average molecular weight is 361 g/mol. The highest BCUT2D eigenvalue weighted by Crippen LogP contribution is 2.25. The molecule has 4 rings (SSSR count). The predicted octanol–water partition coefficient (Wildman–Crippen LogP) is 0.574. The molecule has 1 aliphatic heterocycles. The van der Waals surface area contributed by atoms with E-state index in [1.165, 1.54) is 11.3 Å². The summed E-state index contributed by atoms with van der Waals surface area (Å²) in [6.07, 6.45) is 0.901. The molecule has 0 unspecified atom stereocenters. The van der Waals surface area contributed by atoms with E-state index in [0.717, 1.165) is 42.6 Å². The van der Waals surface area contributed by atoms with Gasteiger partial charge in [-0.2, -0.15) is 10.2 Å². The molecule has 0 spiro atoms. The molecule has 132 valence electrons. The second-order valence-corrected chi connectivity index (χ2v) is 6.97. The number of ether oxygens (including phenoxy) is 1. The van der Waals surface area contributed by atoms with Gasteiger partial charge in [-0.1, -0.05) is 11.3 Å². The maximum Gasteiger partial charge on any atom is 0.293 e. The van der Waals surface area contributed by atoms with Gasteiger partial charge in [0.2, 0.25) is 0 Å². The summed E-state index contributed by atoms with van der Waals surface area (Å²) in [6.45, 7) is 3.14. The Morgan fingerprint density at radius 1 is 1.36 bits per heavy atom. The molecule has 1 aliphatic rings. The fourth-order valence-electron chi connectivity index (χ4n) is 2.99. The van der Waals surface area contributed by atoms with Crippen molar-refractivity contribution in [3.63, 3.8) is 0 Å². The van der Waals surface area contributed by atoms with Gasteiger partial charge in [-0.15, -0.1) is 10.2 Å². The lowest BCUT2D eigenvalue weighted by Gasteiger charge is -2.26. The lowest BCUT2D eigenvalue weighted by molar-refractivity contribution is 0.196. The zero-order valence-corrected chi connectivity index (χ0v) is 14.8. The summed E-state index contributed by atoms with van der Waals surface area (Å²) in [5, 5.41) is 28.9. The van der Waals surface area contributed by atoms with Gasteiger partial charge in [-0.25, -0.2) is 0 Å². The van der Waals surface area contributed by atoms with Crippen LogP contribution in [-0.4, -0.2) is 53.4 Å². The van der Waals surface area contributed by atoms with Crippen LogP contribution in [0.15, 0.2) is 18.3 Å². The first-order valence-corrected chi connectivity index (χ1v) is 8.77. The summed E-state index contributed by atoms with van der Waals surface area (Å²) in [4.78, 5) is 2.29. The van der Waals surface area contributed by atoms with Gasteiger partial charge in [0.15, 0.2) is 0 Å². The molecule has 1 N–H and O–H groups in total. The molecule has 0 bridgehead atoms. The number of aliphatic hydroxyl groups excluding tert-OH is 1. The smallest absolute Gasteiger partial charge is 0.293 e. The first kappa shape index (κ1) is 16.2. The van der Waals surface area contributed by atoms with Gasteiger partial charge < -0.3 is 9.84 Å². The van der Waals surface area contributed by atoms with Gasteiger partial charge in [0.05, 0.1) is 37.3 Å². The van der Waals surface area contributed by atoms with Crippen molar-refractivity contribution < 1.29 is 9.84 Å². The molecule has 9 nitrogen and oxygen atoms in total. The normalized spacial score (nSPS) is 16.0. The van der Waals surface area contributed by atoms with E-state index >= 15 is 0 Å². The van der Waals surface area contributed by atoms with Gasteiger partial charge in [0.25, 0.3) is 5.19 Å². The van der Waals surface area contributed by atoms with Crippen LogP contribution in [0, 0.1) is 0 Å². The van der Waals surface area contributed by atoms with E-state index in [0.29, 0.717) is 10.9 Å². The molecule has 0 aromatic carbocycles. The Bertz CT molecular complexity index is 871. The molecule has 4 heterocycles. The fourth-order valence-corrected chi connectivity index (χ4v) is 3.69. The zero-order chi connectivity index (χ0) is 17.4. The first-order valence-electron chi connectivity index (χ1n) is 7.95. The highest BCUT2D eigenvalue weighted by molar-refractivity contribution is 7.13. The maximum absolute atomic E-state index is 10.6. The predicted molar refractivity (Wildman–Crippen MR) is 90.1 cm³/mol. The summed E-state index contributed by atoms with van der Waals surface area (Å²) >= 11 is 1.46. The Labute approximate surface area is 148 Å². The van der Waals surface area contributed by atoms with Crippen LogP contribution >= 0.6 is 11.3 Å². The summed E-state index contributed by atoms with van der Waals surface area (Å²) in [5.74, 6) is 0. The summed E-state index contributed by atoms with van der Waals surface area (Å²) in [7, 11) is 3.41. The summed E-state index contributed by atoms with van der Waals surface area (Å²) in [5.41, 5.74) is 2.46. The van der Waals surface area contributed by atoms with Gasteiger partial charge in [-0.3, -0.25) is 14.3 Å². The number of nitrogens with zero attached hydrogens (tertiary/aromatic N) is 7. The van der Waals surface area contributed by atoms with Crippen molar-refractivity contribution in [2.24, 2.45) is 7.05 Å². The molecule has 10 heteroatoms. The quantitative estimate of drug-likeness (QED) is 0.710. The monoisotopic (exact) mass is 361 g/mol. The minimum atomic E-state index is -0.772. The standard InChI is InChI=1S/C15H19N7O2S/c1-20-12(3-4-16-20)14(23)11-7-10-8-21(5-6-22(10)19-11)9-13-17-18-15(24-2)25-13/h3-4,7,14,23H,5-6,8-9H2,1-2H3/t14-/m1/s1. The van der Waals surface area contributed by atoms with Crippen LogP contribution in [0.2, 0.25) is 0 Å². The lowest BCUT2D eigenvalue weighted by Crippen LogP contribution is -2.33. The number of aryl methyl sites for hydroxylation is 1. The zero-order valence-electron chi connectivity index (χ0n) is 14.0. The van der Waals surface area contributed by atoms with Crippen LogP contribution < -0.4 is 4.74 Å². The molecule has 0 saturated heterocycles. The Morgan fingerprint density at radius 2 is 2.24 bits per heavy atom. The second-order valence-electron chi connectivity index (χ2n) is 5.94. The number of aliphatic hydroxyl groups is 1. The minimum absolute atomic E-state index is 0.582. The number of methoxy groups -OCH3 is 1. The van der Waals surface area contributed by atoms with E-state index in [1.54, 1.807) is 24.1 Å². The largest absolute Gasteiger partial charge is 0.472 e.